The molecule has 0 aliphatic rings. The molecule has 1 aromatic carbocycles. The second-order valence-electron chi connectivity index (χ2n) is 6.92. The van der Waals surface area contributed by atoms with E-state index in [1.807, 2.05) is 64.6 Å². The summed E-state index contributed by atoms with van der Waals surface area (Å²) in [6.07, 6.45) is 2.60. The number of fused-ring (bicyclic) bond motifs is 1. The molecule has 0 aliphatic carbocycles. The molecule has 0 fully saturated rings. The van der Waals surface area contributed by atoms with Crippen LogP contribution in [0.3, 0.4) is 0 Å². The summed E-state index contributed by atoms with van der Waals surface area (Å²) in [5.41, 5.74) is 3.81. The Morgan fingerprint density at radius 2 is 1.75 bits per heavy atom. The van der Waals surface area contributed by atoms with Gasteiger partial charge in [0.05, 0.1) is 6.61 Å². The molecule has 0 spiro atoms. The Kier molecular flexibility index (Phi) is 6.41. The Balaban J connectivity index is 1.86. The van der Waals surface area contributed by atoms with E-state index in [9.17, 15) is 0 Å². The van der Waals surface area contributed by atoms with Gasteiger partial charge in [0.25, 0.3) is 0 Å². The van der Waals surface area contributed by atoms with E-state index in [4.69, 9.17) is 4.74 Å². The van der Waals surface area contributed by atoms with Gasteiger partial charge in [0, 0.05) is 38.1 Å². The Bertz CT molecular complexity index is 987. The van der Waals surface area contributed by atoms with Crippen LogP contribution in [0, 0.1) is 11.8 Å². The maximum Gasteiger partial charge on any atom is 0.249 e. The molecule has 0 N–H and O–H groups in total. The molecule has 2 heterocycles. The highest BCUT2D eigenvalue weighted by molar-refractivity contribution is 5.71. The van der Waals surface area contributed by atoms with Gasteiger partial charge in [0.15, 0.2) is 11.3 Å². The van der Waals surface area contributed by atoms with Gasteiger partial charge in [-0.2, -0.15) is 0 Å². The minimum Gasteiger partial charge on any atom is -0.476 e. The van der Waals surface area contributed by atoms with Crippen molar-refractivity contribution in [2.45, 2.75) is 6.42 Å². The molecule has 0 atom stereocenters. The average Bonchev–Trinajstić information content (AvgIpc) is 2.69. The highest BCUT2D eigenvalue weighted by Gasteiger charge is 2.09. The van der Waals surface area contributed by atoms with Crippen molar-refractivity contribution in [2.75, 3.05) is 46.2 Å². The van der Waals surface area contributed by atoms with Crippen LogP contribution in [-0.2, 0) is 0 Å². The predicted octanol–water partition coefficient (Wildman–Crippen LogP) is 2.82. The summed E-state index contributed by atoms with van der Waals surface area (Å²) < 4.78 is 5.90. The molecule has 0 saturated heterocycles. The van der Waals surface area contributed by atoms with Crippen LogP contribution in [0.4, 0.5) is 5.69 Å². The molecule has 0 saturated carbocycles. The van der Waals surface area contributed by atoms with E-state index < -0.39 is 0 Å². The van der Waals surface area contributed by atoms with Crippen LogP contribution in [0.5, 0.6) is 5.88 Å². The first kappa shape index (κ1) is 19.6. The van der Waals surface area contributed by atoms with Gasteiger partial charge >= 0.3 is 0 Å². The molecule has 0 aliphatic heterocycles. The fourth-order valence-corrected chi connectivity index (χ4v) is 2.58. The second kappa shape index (κ2) is 9.16. The minimum atomic E-state index is 0.455. The van der Waals surface area contributed by atoms with Crippen LogP contribution in [0.15, 0.2) is 42.6 Å². The average molecular weight is 375 g/mol. The topological polar surface area (TPSA) is 54.4 Å². The molecule has 3 aromatic rings. The minimum absolute atomic E-state index is 0.455. The molecule has 6 heteroatoms. The Hall–Kier alpha value is -3.17. The van der Waals surface area contributed by atoms with E-state index in [0.29, 0.717) is 29.3 Å². The molecule has 28 heavy (non-hydrogen) atoms. The first-order chi connectivity index (χ1) is 13.5. The smallest absolute Gasteiger partial charge is 0.249 e. The van der Waals surface area contributed by atoms with Gasteiger partial charge < -0.3 is 14.5 Å². The number of aromatic nitrogens is 3. The first-order valence-corrected chi connectivity index (χ1v) is 9.22. The fraction of sp³-hybridized carbons (Fsp3) is 0.318. The number of rotatable bonds is 6. The molecule has 144 valence electrons. The molecule has 3 rings (SSSR count). The van der Waals surface area contributed by atoms with Crippen molar-refractivity contribution in [3.05, 3.63) is 53.9 Å². The summed E-state index contributed by atoms with van der Waals surface area (Å²) in [5.74, 6) is 6.72. The monoisotopic (exact) mass is 375 g/mol. The van der Waals surface area contributed by atoms with E-state index in [-0.39, 0.29) is 0 Å². The third-order valence-corrected chi connectivity index (χ3v) is 4.11. The van der Waals surface area contributed by atoms with E-state index >= 15 is 0 Å². The predicted molar refractivity (Wildman–Crippen MR) is 113 cm³/mol. The van der Waals surface area contributed by atoms with E-state index in [2.05, 4.69) is 36.6 Å². The summed E-state index contributed by atoms with van der Waals surface area (Å²) in [6.45, 7) is 1.51. The summed E-state index contributed by atoms with van der Waals surface area (Å²) in [7, 11) is 8.11. The van der Waals surface area contributed by atoms with Gasteiger partial charge in [0.1, 0.15) is 5.52 Å². The molecule has 0 radical (unpaired) electrons. The van der Waals surface area contributed by atoms with Crippen LogP contribution in [0.2, 0.25) is 0 Å². The standard InChI is InChI=1S/C22H25N5O/c1-26(2)15-6-16-28-22-20(24-21-19(25-22)7-5-14-23-21)13-10-17-8-11-18(12-9-17)27(3)4/h5,7-9,11-12,14H,6,15-16H2,1-4H3. The Morgan fingerprint density at radius 3 is 2.46 bits per heavy atom. The first-order valence-electron chi connectivity index (χ1n) is 9.22. The molecule has 0 unspecified atom stereocenters. The number of anilines is 1. The van der Waals surface area contributed by atoms with Crippen LogP contribution in [0.1, 0.15) is 17.7 Å². The lowest BCUT2D eigenvalue weighted by Crippen LogP contribution is -2.16. The number of benzene rings is 1. The third-order valence-electron chi connectivity index (χ3n) is 4.11. The van der Waals surface area contributed by atoms with Gasteiger partial charge in [-0.25, -0.2) is 15.0 Å². The van der Waals surface area contributed by atoms with Crippen molar-refractivity contribution in [2.24, 2.45) is 0 Å². The van der Waals surface area contributed by atoms with Crippen molar-refractivity contribution >= 4 is 16.9 Å². The molecular formula is C22H25N5O. The third kappa shape index (κ3) is 5.18. The van der Waals surface area contributed by atoms with E-state index in [1.165, 1.54) is 0 Å². The summed E-state index contributed by atoms with van der Waals surface area (Å²) in [5, 5.41) is 0. The lowest BCUT2D eigenvalue weighted by atomic mass is 10.2. The number of ether oxygens (including phenoxy) is 1. The van der Waals surface area contributed by atoms with Crippen LogP contribution < -0.4 is 9.64 Å². The van der Waals surface area contributed by atoms with Crippen molar-refractivity contribution in [1.29, 1.82) is 0 Å². The lowest BCUT2D eigenvalue weighted by molar-refractivity contribution is 0.272. The maximum absolute atomic E-state index is 5.90. The zero-order valence-electron chi connectivity index (χ0n) is 16.8. The van der Waals surface area contributed by atoms with Gasteiger partial charge in [0.2, 0.25) is 5.88 Å². The number of hydrogen-bond acceptors (Lipinski definition) is 6. The highest BCUT2D eigenvalue weighted by Crippen LogP contribution is 2.18. The number of hydrogen-bond donors (Lipinski definition) is 0. The zero-order valence-corrected chi connectivity index (χ0v) is 16.8. The molecule has 0 bridgehead atoms. The molecular weight excluding hydrogens is 350 g/mol. The maximum atomic E-state index is 5.90. The lowest BCUT2D eigenvalue weighted by Gasteiger charge is -2.11. The van der Waals surface area contributed by atoms with Gasteiger partial charge in [-0.3, -0.25) is 0 Å². The number of nitrogens with zero attached hydrogens (tertiary/aromatic N) is 5. The summed E-state index contributed by atoms with van der Waals surface area (Å²) in [4.78, 5) is 17.6. The Morgan fingerprint density at radius 1 is 0.964 bits per heavy atom. The zero-order chi connectivity index (χ0) is 19.9. The van der Waals surface area contributed by atoms with Crippen LogP contribution in [-0.4, -0.2) is 61.2 Å². The van der Waals surface area contributed by atoms with Crippen molar-refractivity contribution in [3.8, 4) is 17.7 Å². The van der Waals surface area contributed by atoms with Gasteiger partial charge in [-0.05, 0) is 62.8 Å². The Labute approximate surface area is 166 Å². The second-order valence-corrected chi connectivity index (χ2v) is 6.92. The van der Waals surface area contributed by atoms with Crippen molar-refractivity contribution in [3.63, 3.8) is 0 Å². The van der Waals surface area contributed by atoms with Gasteiger partial charge in [-0.1, -0.05) is 5.92 Å². The van der Waals surface area contributed by atoms with Gasteiger partial charge in [-0.15, -0.1) is 0 Å². The van der Waals surface area contributed by atoms with Crippen LogP contribution >= 0.6 is 0 Å². The van der Waals surface area contributed by atoms with E-state index in [1.54, 1.807) is 6.20 Å². The quantitative estimate of drug-likeness (QED) is 0.488. The normalized spacial score (nSPS) is 10.6. The van der Waals surface area contributed by atoms with Crippen molar-refractivity contribution < 1.29 is 4.74 Å². The van der Waals surface area contributed by atoms with Crippen molar-refractivity contribution in [1.82, 2.24) is 19.9 Å². The molecule has 6 nitrogen and oxygen atoms in total. The summed E-state index contributed by atoms with van der Waals surface area (Å²) in [6, 6.07) is 11.8. The summed E-state index contributed by atoms with van der Waals surface area (Å²) >= 11 is 0. The highest BCUT2D eigenvalue weighted by atomic mass is 16.5. The number of pyridine rings is 1. The van der Waals surface area contributed by atoms with Crippen LogP contribution in [0.25, 0.3) is 11.2 Å². The SMILES string of the molecule is CN(C)CCCOc1nc2cccnc2nc1C#Cc1ccc(N(C)C)cc1. The van der Waals surface area contributed by atoms with E-state index in [0.717, 1.165) is 24.2 Å². The molecule has 2 aromatic heterocycles. The largest absolute Gasteiger partial charge is 0.476 e. The molecule has 0 amide bonds. The fourth-order valence-electron chi connectivity index (χ4n) is 2.58.